The Morgan fingerprint density at radius 2 is 1.46 bits per heavy atom. The van der Waals surface area contributed by atoms with Crippen LogP contribution in [0.3, 0.4) is 0 Å². The molecule has 0 aromatic heterocycles. The first-order valence-electron chi connectivity index (χ1n) is 5.12. The molecule has 13 heavy (non-hydrogen) atoms. The van der Waals surface area contributed by atoms with E-state index in [1.54, 1.807) is 0 Å². The summed E-state index contributed by atoms with van der Waals surface area (Å²) in [6.45, 7) is 9.25. The lowest BCUT2D eigenvalue weighted by Crippen LogP contribution is -2.61. The maximum Gasteiger partial charge on any atom is 0.0277 e. The van der Waals surface area contributed by atoms with Crippen molar-refractivity contribution in [2.24, 2.45) is 0 Å². The SMILES string of the molecule is C[N]C1CC(C)(C)N(C)C(C)(C)C1. The molecule has 0 unspecified atom stereocenters. The van der Waals surface area contributed by atoms with Crippen LogP contribution in [0.15, 0.2) is 0 Å². The van der Waals surface area contributed by atoms with Gasteiger partial charge in [-0.2, -0.15) is 0 Å². The van der Waals surface area contributed by atoms with Crippen molar-refractivity contribution in [2.45, 2.75) is 57.7 Å². The van der Waals surface area contributed by atoms with Gasteiger partial charge in [0.2, 0.25) is 0 Å². The highest BCUT2D eigenvalue weighted by Crippen LogP contribution is 2.36. The Morgan fingerprint density at radius 1 is 1.08 bits per heavy atom. The van der Waals surface area contributed by atoms with E-state index >= 15 is 0 Å². The Balaban J connectivity index is 2.82. The third-order valence-corrected chi connectivity index (χ3v) is 3.65. The largest absolute Gasteiger partial charge is 0.296 e. The Morgan fingerprint density at radius 3 is 1.77 bits per heavy atom. The van der Waals surface area contributed by atoms with Crippen LogP contribution in [0.4, 0.5) is 0 Å². The van der Waals surface area contributed by atoms with Crippen LogP contribution in [0, 0.1) is 0 Å². The summed E-state index contributed by atoms with van der Waals surface area (Å²) in [6, 6.07) is 0.543. The Bertz CT molecular complexity index is 167. The highest BCUT2D eigenvalue weighted by atomic mass is 15.2. The first kappa shape index (κ1) is 11.0. The molecule has 0 aromatic rings. The summed E-state index contributed by atoms with van der Waals surface area (Å²) in [4.78, 5) is 2.49. The molecule has 2 heteroatoms. The van der Waals surface area contributed by atoms with Crippen LogP contribution < -0.4 is 5.32 Å². The standard InChI is InChI=1S/C11H23N2/c1-10(2)7-9(12-5)8-11(3,4)13(10)6/h9H,7-8H2,1-6H3. The van der Waals surface area contributed by atoms with Crippen LogP contribution in [0.25, 0.3) is 0 Å². The van der Waals surface area contributed by atoms with Crippen molar-refractivity contribution in [2.75, 3.05) is 14.1 Å². The third-order valence-electron chi connectivity index (χ3n) is 3.65. The lowest BCUT2D eigenvalue weighted by atomic mass is 9.77. The lowest BCUT2D eigenvalue weighted by Gasteiger charge is -2.53. The van der Waals surface area contributed by atoms with E-state index in [1.807, 2.05) is 7.05 Å². The maximum absolute atomic E-state index is 4.45. The van der Waals surface area contributed by atoms with Crippen molar-refractivity contribution in [1.82, 2.24) is 10.2 Å². The predicted octanol–water partition coefficient (Wildman–Crippen LogP) is 1.87. The highest BCUT2D eigenvalue weighted by Gasteiger charge is 2.42. The fourth-order valence-electron chi connectivity index (χ4n) is 2.50. The van der Waals surface area contributed by atoms with Crippen LogP contribution >= 0.6 is 0 Å². The van der Waals surface area contributed by atoms with Gasteiger partial charge in [-0.3, -0.25) is 4.90 Å². The lowest BCUT2D eigenvalue weighted by molar-refractivity contribution is -0.0173. The van der Waals surface area contributed by atoms with Crippen molar-refractivity contribution in [3.8, 4) is 0 Å². The average molecular weight is 183 g/mol. The van der Waals surface area contributed by atoms with Gasteiger partial charge in [0.15, 0.2) is 0 Å². The number of nitrogens with zero attached hydrogens (tertiary/aromatic N) is 2. The molecule has 2 nitrogen and oxygen atoms in total. The molecule has 1 heterocycles. The van der Waals surface area contributed by atoms with Crippen LogP contribution in [-0.2, 0) is 0 Å². The zero-order valence-electron chi connectivity index (χ0n) is 9.89. The number of piperidine rings is 1. The van der Waals surface area contributed by atoms with Crippen LogP contribution in [0.5, 0.6) is 0 Å². The molecule has 1 aliphatic rings. The summed E-state index contributed by atoms with van der Waals surface area (Å²) in [5.74, 6) is 0. The molecule has 1 saturated heterocycles. The summed E-state index contributed by atoms with van der Waals surface area (Å²) in [5, 5.41) is 4.45. The zero-order chi connectivity index (χ0) is 10.3. The maximum atomic E-state index is 4.45. The molecule has 0 saturated carbocycles. The van der Waals surface area contributed by atoms with E-state index in [9.17, 15) is 0 Å². The average Bonchev–Trinajstić information content (AvgIpc) is 1.99. The molecule has 1 radical (unpaired) electrons. The van der Waals surface area contributed by atoms with Crippen molar-refractivity contribution < 1.29 is 0 Å². The van der Waals surface area contributed by atoms with Gasteiger partial charge in [0.1, 0.15) is 0 Å². The summed E-state index contributed by atoms with van der Waals surface area (Å²) in [6.07, 6.45) is 2.37. The number of hydrogen-bond donors (Lipinski definition) is 0. The van der Waals surface area contributed by atoms with Gasteiger partial charge in [0.05, 0.1) is 0 Å². The fraction of sp³-hybridized carbons (Fsp3) is 1.00. The fourth-order valence-corrected chi connectivity index (χ4v) is 2.50. The van der Waals surface area contributed by atoms with E-state index in [0.29, 0.717) is 6.04 Å². The zero-order valence-corrected chi connectivity index (χ0v) is 9.89. The van der Waals surface area contributed by atoms with Crippen LogP contribution in [0.1, 0.15) is 40.5 Å². The van der Waals surface area contributed by atoms with Gasteiger partial charge in [0, 0.05) is 24.2 Å². The minimum Gasteiger partial charge on any atom is -0.296 e. The van der Waals surface area contributed by atoms with E-state index in [0.717, 1.165) is 0 Å². The van der Waals surface area contributed by atoms with Gasteiger partial charge in [-0.15, -0.1) is 0 Å². The smallest absolute Gasteiger partial charge is 0.0277 e. The Kier molecular flexibility index (Phi) is 2.75. The van der Waals surface area contributed by atoms with E-state index in [-0.39, 0.29) is 11.1 Å². The van der Waals surface area contributed by atoms with Crippen molar-refractivity contribution >= 4 is 0 Å². The highest BCUT2D eigenvalue weighted by molar-refractivity contribution is 5.00. The molecule has 0 aromatic carbocycles. The van der Waals surface area contributed by atoms with Crippen molar-refractivity contribution in [3.63, 3.8) is 0 Å². The molecule has 1 rings (SSSR count). The third kappa shape index (κ3) is 2.05. The monoisotopic (exact) mass is 183 g/mol. The molecular formula is C11H23N2. The summed E-state index contributed by atoms with van der Waals surface area (Å²) in [5.41, 5.74) is 0.567. The Labute approximate surface area is 82.7 Å². The van der Waals surface area contributed by atoms with Gasteiger partial charge in [-0.05, 0) is 47.6 Å². The number of rotatable bonds is 1. The first-order chi connectivity index (χ1) is 5.79. The van der Waals surface area contributed by atoms with E-state index in [2.05, 4.69) is 45.0 Å². The minimum atomic E-state index is 0.284. The molecule has 0 bridgehead atoms. The first-order valence-corrected chi connectivity index (χ1v) is 5.12. The summed E-state index contributed by atoms with van der Waals surface area (Å²) < 4.78 is 0. The van der Waals surface area contributed by atoms with E-state index in [4.69, 9.17) is 0 Å². The molecule has 0 aliphatic carbocycles. The van der Waals surface area contributed by atoms with E-state index < -0.39 is 0 Å². The van der Waals surface area contributed by atoms with Gasteiger partial charge < -0.3 is 0 Å². The quantitative estimate of drug-likeness (QED) is 0.606. The van der Waals surface area contributed by atoms with Gasteiger partial charge in [-0.1, -0.05) is 0 Å². The number of likely N-dealkylation sites (tertiary alicyclic amines) is 1. The molecule has 0 amide bonds. The molecule has 0 N–H and O–H groups in total. The second kappa shape index (κ2) is 3.25. The van der Waals surface area contributed by atoms with Gasteiger partial charge in [-0.25, -0.2) is 5.32 Å². The van der Waals surface area contributed by atoms with Crippen molar-refractivity contribution in [1.29, 1.82) is 0 Å². The van der Waals surface area contributed by atoms with Crippen LogP contribution in [-0.4, -0.2) is 36.1 Å². The molecule has 0 spiro atoms. The molecular weight excluding hydrogens is 160 g/mol. The minimum absolute atomic E-state index is 0.284. The summed E-state index contributed by atoms with van der Waals surface area (Å²) >= 11 is 0. The Hall–Kier alpha value is -0.0800. The molecule has 1 fully saturated rings. The predicted molar refractivity (Wildman–Crippen MR) is 57.0 cm³/mol. The second-order valence-corrected chi connectivity index (χ2v) is 5.50. The number of hydrogen-bond acceptors (Lipinski definition) is 1. The molecule has 0 atom stereocenters. The van der Waals surface area contributed by atoms with Crippen LogP contribution in [0.2, 0.25) is 0 Å². The van der Waals surface area contributed by atoms with Gasteiger partial charge in [0.25, 0.3) is 0 Å². The molecule has 77 valence electrons. The normalized spacial score (nSPS) is 29.1. The molecule has 1 aliphatic heterocycles. The van der Waals surface area contributed by atoms with Gasteiger partial charge >= 0.3 is 0 Å². The topological polar surface area (TPSA) is 17.3 Å². The van der Waals surface area contributed by atoms with Crippen molar-refractivity contribution in [3.05, 3.63) is 0 Å². The second-order valence-electron chi connectivity index (χ2n) is 5.50. The van der Waals surface area contributed by atoms with E-state index in [1.165, 1.54) is 12.8 Å². The summed E-state index contributed by atoms with van der Waals surface area (Å²) in [7, 11) is 4.17.